The Morgan fingerprint density at radius 1 is 1.50 bits per heavy atom. The molecule has 2 rings (SSSR count). The maximum atomic E-state index is 12.1. The van der Waals surface area contributed by atoms with Gasteiger partial charge in [0.15, 0.2) is 11.0 Å². The van der Waals surface area contributed by atoms with Gasteiger partial charge in [-0.05, 0) is 25.3 Å². The maximum absolute atomic E-state index is 12.1. The molecular formula is C11H14Cl2N4O. The van der Waals surface area contributed by atoms with E-state index in [1.54, 1.807) is 0 Å². The van der Waals surface area contributed by atoms with E-state index < -0.39 is 0 Å². The number of piperidine rings is 1. The van der Waals surface area contributed by atoms with Crippen molar-refractivity contribution in [3.05, 3.63) is 16.5 Å². The Labute approximate surface area is 115 Å². The van der Waals surface area contributed by atoms with Gasteiger partial charge in [-0.15, -0.1) is 0 Å². The monoisotopic (exact) mass is 288 g/mol. The van der Waals surface area contributed by atoms with Crippen LogP contribution in [0.15, 0.2) is 6.33 Å². The second-order valence-electron chi connectivity index (χ2n) is 4.37. The maximum Gasteiger partial charge on any atom is 0.242 e. The lowest BCUT2D eigenvalue weighted by Crippen LogP contribution is -2.48. The number of hydrogen-bond acceptors (Lipinski definition) is 4. The molecule has 0 saturated carbocycles. The highest BCUT2D eigenvalue weighted by Gasteiger charge is 2.28. The topological polar surface area (TPSA) is 66.9 Å². The van der Waals surface area contributed by atoms with E-state index >= 15 is 0 Å². The Bertz CT molecular complexity index is 455. The molecule has 7 heteroatoms. The first-order valence-corrected chi connectivity index (χ1v) is 6.55. The minimum Gasteiger partial charge on any atom is -0.308 e. The fraction of sp³-hybridized carbons (Fsp3) is 0.545. The van der Waals surface area contributed by atoms with Crippen molar-refractivity contribution in [1.82, 2.24) is 15.3 Å². The van der Waals surface area contributed by atoms with E-state index in [1.165, 1.54) is 6.33 Å². The molecular weight excluding hydrogens is 275 g/mol. The highest BCUT2D eigenvalue weighted by atomic mass is 35.5. The van der Waals surface area contributed by atoms with Crippen LogP contribution in [-0.2, 0) is 4.79 Å². The Morgan fingerprint density at radius 3 is 3.00 bits per heavy atom. The molecule has 2 unspecified atom stereocenters. The second kappa shape index (κ2) is 5.82. The smallest absolute Gasteiger partial charge is 0.242 e. The predicted molar refractivity (Wildman–Crippen MR) is 70.9 cm³/mol. The Kier molecular flexibility index (Phi) is 4.37. The van der Waals surface area contributed by atoms with Gasteiger partial charge in [0.1, 0.15) is 11.3 Å². The van der Waals surface area contributed by atoms with Crippen molar-refractivity contribution in [2.24, 2.45) is 5.92 Å². The number of carbonyl (C=O) groups is 1. The van der Waals surface area contributed by atoms with Gasteiger partial charge >= 0.3 is 0 Å². The van der Waals surface area contributed by atoms with Gasteiger partial charge in [0.05, 0.1) is 6.04 Å². The van der Waals surface area contributed by atoms with Crippen LogP contribution in [0.4, 0.5) is 5.82 Å². The van der Waals surface area contributed by atoms with Gasteiger partial charge in [0.25, 0.3) is 0 Å². The van der Waals surface area contributed by atoms with Gasteiger partial charge in [-0.25, -0.2) is 9.97 Å². The number of nitrogens with zero attached hydrogens (tertiary/aromatic N) is 2. The summed E-state index contributed by atoms with van der Waals surface area (Å²) in [6.07, 6.45) is 3.38. The molecule has 1 saturated heterocycles. The van der Waals surface area contributed by atoms with Crippen LogP contribution < -0.4 is 10.6 Å². The molecule has 0 radical (unpaired) electrons. The summed E-state index contributed by atoms with van der Waals surface area (Å²) in [6.45, 7) is 2.89. The number of nitrogens with one attached hydrogen (secondary N) is 2. The van der Waals surface area contributed by atoms with Gasteiger partial charge in [-0.1, -0.05) is 30.1 Å². The van der Waals surface area contributed by atoms with Gasteiger partial charge in [0.2, 0.25) is 5.91 Å². The average molecular weight is 289 g/mol. The van der Waals surface area contributed by atoms with E-state index in [9.17, 15) is 4.79 Å². The van der Waals surface area contributed by atoms with Crippen LogP contribution in [0.2, 0.25) is 10.2 Å². The number of anilines is 1. The van der Waals surface area contributed by atoms with Crippen molar-refractivity contribution in [2.45, 2.75) is 25.8 Å². The zero-order chi connectivity index (χ0) is 13.1. The Morgan fingerprint density at radius 2 is 2.28 bits per heavy atom. The second-order valence-corrected chi connectivity index (χ2v) is 5.10. The lowest BCUT2D eigenvalue weighted by atomic mass is 9.92. The van der Waals surface area contributed by atoms with Gasteiger partial charge in [0, 0.05) is 0 Å². The molecule has 1 amide bonds. The van der Waals surface area contributed by atoms with Crippen LogP contribution in [0.3, 0.4) is 0 Å². The zero-order valence-electron chi connectivity index (χ0n) is 9.91. The fourth-order valence-corrected chi connectivity index (χ4v) is 2.31. The molecule has 0 aliphatic carbocycles. The van der Waals surface area contributed by atoms with E-state index in [0.29, 0.717) is 0 Å². The van der Waals surface area contributed by atoms with Gasteiger partial charge in [-0.2, -0.15) is 0 Å². The van der Waals surface area contributed by atoms with Crippen molar-refractivity contribution >= 4 is 34.9 Å². The molecule has 0 aromatic carbocycles. The van der Waals surface area contributed by atoms with E-state index in [2.05, 4.69) is 20.6 Å². The van der Waals surface area contributed by atoms with Gasteiger partial charge in [-0.3, -0.25) is 4.79 Å². The van der Waals surface area contributed by atoms with E-state index in [-0.39, 0.29) is 33.9 Å². The Balaban J connectivity index is 2.09. The molecule has 5 nitrogen and oxygen atoms in total. The zero-order valence-corrected chi connectivity index (χ0v) is 11.4. The lowest BCUT2D eigenvalue weighted by Gasteiger charge is -2.28. The summed E-state index contributed by atoms with van der Waals surface area (Å²) < 4.78 is 0. The molecule has 1 aromatic rings. The summed E-state index contributed by atoms with van der Waals surface area (Å²) in [5, 5.41) is 6.17. The van der Waals surface area contributed by atoms with Crippen LogP contribution in [0.25, 0.3) is 0 Å². The minimum absolute atomic E-state index is 0.131. The molecule has 2 atom stereocenters. The first-order chi connectivity index (χ1) is 8.59. The van der Waals surface area contributed by atoms with Crippen LogP contribution >= 0.6 is 23.2 Å². The third kappa shape index (κ3) is 2.91. The predicted octanol–water partition coefficient (Wildman–Crippen LogP) is 2.11. The fourth-order valence-electron chi connectivity index (χ4n) is 2.03. The number of hydrogen-bond donors (Lipinski definition) is 2. The van der Waals surface area contributed by atoms with Gasteiger partial charge < -0.3 is 10.6 Å². The summed E-state index contributed by atoms with van der Waals surface area (Å²) in [6, 6.07) is -0.219. The van der Waals surface area contributed by atoms with Crippen molar-refractivity contribution < 1.29 is 4.79 Å². The average Bonchev–Trinajstić information content (AvgIpc) is 2.35. The molecule has 0 spiro atoms. The van der Waals surface area contributed by atoms with E-state index in [1.807, 2.05) is 6.92 Å². The standard InChI is InChI=1S/C11H14Cl2N4O/c1-6-3-2-4-14-8(6)11(18)17-10-7(12)9(13)15-5-16-10/h5-6,8,14H,2-4H2,1H3,(H,15,16,17,18). The van der Waals surface area contributed by atoms with E-state index in [0.717, 1.165) is 19.4 Å². The van der Waals surface area contributed by atoms with Crippen molar-refractivity contribution in [3.8, 4) is 0 Å². The lowest BCUT2D eigenvalue weighted by molar-refractivity contribution is -0.119. The summed E-state index contributed by atoms with van der Waals surface area (Å²) in [5.41, 5.74) is 0. The number of aromatic nitrogens is 2. The molecule has 1 aliphatic heterocycles. The largest absolute Gasteiger partial charge is 0.308 e. The van der Waals surface area contributed by atoms with Crippen molar-refractivity contribution in [2.75, 3.05) is 11.9 Å². The quantitative estimate of drug-likeness (QED) is 0.818. The minimum atomic E-state index is -0.219. The normalized spacial score (nSPS) is 23.7. The summed E-state index contributed by atoms with van der Waals surface area (Å²) in [5.74, 6) is 0.398. The molecule has 0 bridgehead atoms. The summed E-state index contributed by atoms with van der Waals surface area (Å²) in [4.78, 5) is 19.7. The summed E-state index contributed by atoms with van der Waals surface area (Å²) in [7, 11) is 0. The highest BCUT2D eigenvalue weighted by Crippen LogP contribution is 2.26. The number of halogens is 2. The third-order valence-electron chi connectivity index (χ3n) is 3.04. The molecule has 18 heavy (non-hydrogen) atoms. The van der Waals surface area contributed by atoms with Crippen LogP contribution in [-0.4, -0.2) is 28.5 Å². The first-order valence-electron chi connectivity index (χ1n) is 5.80. The van der Waals surface area contributed by atoms with Crippen LogP contribution in [0.1, 0.15) is 19.8 Å². The molecule has 1 aromatic heterocycles. The number of amides is 1. The Hall–Kier alpha value is -0.910. The van der Waals surface area contributed by atoms with E-state index in [4.69, 9.17) is 23.2 Å². The molecule has 1 fully saturated rings. The van der Waals surface area contributed by atoms with Crippen LogP contribution in [0, 0.1) is 5.92 Å². The third-order valence-corrected chi connectivity index (χ3v) is 3.78. The number of carbonyl (C=O) groups excluding carboxylic acids is 1. The van der Waals surface area contributed by atoms with Crippen molar-refractivity contribution in [1.29, 1.82) is 0 Å². The highest BCUT2D eigenvalue weighted by molar-refractivity contribution is 6.42. The first kappa shape index (κ1) is 13.5. The molecule has 98 valence electrons. The summed E-state index contributed by atoms with van der Waals surface area (Å²) >= 11 is 11.7. The molecule has 2 heterocycles. The van der Waals surface area contributed by atoms with Crippen LogP contribution in [0.5, 0.6) is 0 Å². The number of rotatable bonds is 2. The molecule has 2 N–H and O–H groups in total. The molecule has 1 aliphatic rings. The van der Waals surface area contributed by atoms with Crippen molar-refractivity contribution in [3.63, 3.8) is 0 Å². The SMILES string of the molecule is CC1CCCNC1C(=O)Nc1ncnc(Cl)c1Cl.